The zero-order valence-electron chi connectivity index (χ0n) is 16.1. The van der Waals surface area contributed by atoms with Crippen LogP contribution in [0.2, 0.25) is 0 Å². The standard InChI is InChI=1S/C25H19F3O/c1-3-5-19-12-13-20(25(28)24(19)27)11-8-17-6-9-18(10-7-17)22-15-14-21(29-4-2)16-23(22)26/h3,5-7,9-10,12-16H,4H2,1-2H3/b5-3+. The second-order valence-electron chi connectivity index (χ2n) is 6.23. The topological polar surface area (TPSA) is 9.23 Å². The monoisotopic (exact) mass is 392 g/mol. The van der Waals surface area contributed by atoms with Crippen molar-refractivity contribution in [1.82, 2.24) is 0 Å². The third kappa shape index (κ3) is 4.70. The van der Waals surface area contributed by atoms with Gasteiger partial charge in [-0.1, -0.05) is 42.2 Å². The molecule has 4 heteroatoms. The van der Waals surface area contributed by atoms with Crippen LogP contribution in [0.25, 0.3) is 17.2 Å². The fourth-order valence-electron chi connectivity index (χ4n) is 2.83. The molecule has 0 aliphatic rings. The molecule has 3 aromatic carbocycles. The number of ether oxygens (including phenoxy) is 1. The Bertz CT molecular complexity index is 1100. The maximum Gasteiger partial charge on any atom is 0.175 e. The van der Waals surface area contributed by atoms with E-state index < -0.39 is 11.6 Å². The van der Waals surface area contributed by atoms with Crippen LogP contribution < -0.4 is 4.74 Å². The van der Waals surface area contributed by atoms with Gasteiger partial charge < -0.3 is 4.74 Å². The smallest absolute Gasteiger partial charge is 0.175 e. The molecule has 29 heavy (non-hydrogen) atoms. The summed E-state index contributed by atoms with van der Waals surface area (Å²) in [5.41, 5.74) is 1.90. The van der Waals surface area contributed by atoms with Gasteiger partial charge in [-0.2, -0.15) is 0 Å². The molecule has 146 valence electrons. The van der Waals surface area contributed by atoms with E-state index in [4.69, 9.17) is 4.74 Å². The average Bonchev–Trinajstić information content (AvgIpc) is 2.72. The Balaban J connectivity index is 1.83. The van der Waals surface area contributed by atoms with E-state index >= 15 is 0 Å². The van der Waals surface area contributed by atoms with Crippen LogP contribution in [0, 0.1) is 29.3 Å². The van der Waals surface area contributed by atoms with Crippen molar-refractivity contribution in [2.45, 2.75) is 13.8 Å². The third-order valence-corrected chi connectivity index (χ3v) is 4.25. The predicted molar refractivity (Wildman–Crippen MR) is 110 cm³/mol. The summed E-state index contributed by atoms with van der Waals surface area (Å²) in [7, 11) is 0. The SMILES string of the molecule is C/C=C/c1ccc(C#Cc2ccc(-c3ccc(OCC)cc3F)cc2)c(F)c1F. The summed E-state index contributed by atoms with van der Waals surface area (Å²) < 4.78 is 47.7. The molecule has 0 atom stereocenters. The molecule has 0 aliphatic heterocycles. The molecule has 0 bridgehead atoms. The molecule has 0 heterocycles. The summed E-state index contributed by atoms with van der Waals surface area (Å²) in [4.78, 5) is 0. The number of hydrogen-bond donors (Lipinski definition) is 0. The lowest BCUT2D eigenvalue weighted by Gasteiger charge is -2.07. The van der Waals surface area contributed by atoms with E-state index in [0.29, 0.717) is 29.0 Å². The third-order valence-electron chi connectivity index (χ3n) is 4.25. The first-order valence-electron chi connectivity index (χ1n) is 9.19. The van der Waals surface area contributed by atoms with Gasteiger partial charge in [0.15, 0.2) is 11.6 Å². The quantitative estimate of drug-likeness (QED) is 0.455. The molecule has 0 fully saturated rings. The second kappa shape index (κ2) is 9.16. The van der Waals surface area contributed by atoms with Crippen molar-refractivity contribution in [2.75, 3.05) is 6.61 Å². The van der Waals surface area contributed by atoms with E-state index in [-0.39, 0.29) is 16.9 Å². The molecular weight excluding hydrogens is 373 g/mol. The number of halogens is 3. The molecule has 0 saturated heterocycles. The molecule has 0 N–H and O–H groups in total. The van der Waals surface area contributed by atoms with Gasteiger partial charge in [-0.15, -0.1) is 0 Å². The van der Waals surface area contributed by atoms with Crippen molar-refractivity contribution in [2.24, 2.45) is 0 Å². The minimum absolute atomic E-state index is 0.0163. The van der Waals surface area contributed by atoms with Crippen LogP contribution in [-0.2, 0) is 0 Å². The highest BCUT2D eigenvalue weighted by atomic mass is 19.2. The molecule has 0 spiro atoms. The Hall–Kier alpha value is -3.45. The summed E-state index contributed by atoms with van der Waals surface area (Å²) in [6.07, 6.45) is 3.13. The van der Waals surface area contributed by atoms with Gasteiger partial charge in [-0.25, -0.2) is 13.2 Å². The van der Waals surface area contributed by atoms with Crippen LogP contribution in [0.3, 0.4) is 0 Å². The average molecular weight is 392 g/mol. The van der Waals surface area contributed by atoms with Crippen molar-refractivity contribution >= 4 is 6.08 Å². The Morgan fingerprint density at radius 2 is 1.66 bits per heavy atom. The summed E-state index contributed by atoms with van der Waals surface area (Å²) in [6.45, 7) is 4.03. The van der Waals surface area contributed by atoms with Gasteiger partial charge in [-0.3, -0.25) is 0 Å². The maximum absolute atomic E-state index is 14.3. The van der Waals surface area contributed by atoms with E-state index in [1.54, 1.807) is 49.4 Å². The first-order chi connectivity index (χ1) is 14.0. The van der Waals surface area contributed by atoms with Crippen LogP contribution in [0.15, 0.2) is 60.7 Å². The first-order valence-corrected chi connectivity index (χ1v) is 9.19. The van der Waals surface area contributed by atoms with E-state index in [1.807, 2.05) is 6.92 Å². The molecule has 0 amide bonds. The van der Waals surface area contributed by atoms with Crippen LogP contribution in [-0.4, -0.2) is 6.61 Å². The maximum atomic E-state index is 14.3. The highest BCUT2D eigenvalue weighted by Gasteiger charge is 2.10. The highest BCUT2D eigenvalue weighted by molar-refractivity contribution is 5.66. The summed E-state index contributed by atoms with van der Waals surface area (Å²) in [5.74, 6) is 3.67. The molecule has 1 nitrogen and oxygen atoms in total. The molecule has 0 saturated carbocycles. The zero-order chi connectivity index (χ0) is 20.8. The fourth-order valence-corrected chi connectivity index (χ4v) is 2.83. The normalized spacial score (nSPS) is 10.7. The van der Waals surface area contributed by atoms with E-state index in [0.717, 1.165) is 0 Å². The lowest BCUT2D eigenvalue weighted by molar-refractivity contribution is 0.338. The fraction of sp³-hybridized carbons (Fsp3) is 0.120. The van der Waals surface area contributed by atoms with Gasteiger partial charge in [0.1, 0.15) is 11.6 Å². The number of rotatable bonds is 4. The largest absolute Gasteiger partial charge is 0.494 e. The predicted octanol–water partition coefficient (Wildman–Crippen LogP) is 6.60. The van der Waals surface area contributed by atoms with Crippen LogP contribution in [0.1, 0.15) is 30.5 Å². The van der Waals surface area contributed by atoms with Crippen molar-refractivity contribution in [3.05, 3.63) is 94.8 Å². The molecule has 3 aromatic rings. The van der Waals surface area contributed by atoms with E-state index in [9.17, 15) is 13.2 Å². The van der Waals surface area contributed by atoms with Gasteiger partial charge in [-0.05, 0) is 49.7 Å². The Morgan fingerprint density at radius 3 is 2.31 bits per heavy atom. The summed E-state index contributed by atoms with van der Waals surface area (Å²) in [5, 5.41) is 0. The first kappa shape index (κ1) is 20.3. The second-order valence-corrected chi connectivity index (χ2v) is 6.23. The summed E-state index contributed by atoms with van der Waals surface area (Å²) in [6, 6.07) is 14.5. The molecule has 0 aliphatic carbocycles. The zero-order valence-corrected chi connectivity index (χ0v) is 16.1. The number of hydrogen-bond acceptors (Lipinski definition) is 1. The van der Waals surface area contributed by atoms with Gasteiger partial charge in [0.25, 0.3) is 0 Å². The van der Waals surface area contributed by atoms with Crippen molar-refractivity contribution in [3.63, 3.8) is 0 Å². The van der Waals surface area contributed by atoms with Gasteiger partial charge >= 0.3 is 0 Å². The van der Waals surface area contributed by atoms with Crippen LogP contribution >= 0.6 is 0 Å². The summed E-state index contributed by atoms with van der Waals surface area (Å²) >= 11 is 0. The van der Waals surface area contributed by atoms with E-state index in [1.165, 1.54) is 24.3 Å². The molecule has 3 rings (SSSR count). The van der Waals surface area contributed by atoms with Gasteiger partial charge in [0, 0.05) is 22.8 Å². The Kier molecular flexibility index (Phi) is 6.41. The van der Waals surface area contributed by atoms with Gasteiger partial charge in [0.2, 0.25) is 0 Å². The minimum Gasteiger partial charge on any atom is -0.494 e. The van der Waals surface area contributed by atoms with E-state index in [2.05, 4.69) is 11.8 Å². The molecular formula is C25H19F3O. The molecule has 0 radical (unpaired) electrons. The number of allylic oxidation sites excluding steroid dienone is 1. The van der Waals surface area contributed by atoms with Crippen molar-refractivity contribution < 1.29 is 17.9 Å². The molecule has 0 aromatic heterocycles. The minimum atomic E-state index is -0.971. The number of benzene rings is 3. The van der Waals surface area contributed by atoms with Crippen LogP contribution in [0.5, 0.6) is 5.75 Å². The highest BCUT2D eigenvalue weighted by Crippen LogP contribution is 2.26. The Morgan fingerprint density at radius 1 is 0.897 bits per heavy atom. The van der Waals surface area contributed by atoms with Crippen molar-refractivity contribution in [3.8, 4) is 28.7 Å². The lowest BCUT2D eigenvalue weighted by Crippen LogP contribution is -1.93. The Labute approximate surface area is 168 Å². The molecule has 0 unspecified atom stereocenters. The van der Waals surface area contributed by atoms with Gasteiger partial charge in [0.05, 0.1) is 12.2 Å². The lowest BCUT2D eigenvalue weighted by atomic mass is 10.0. The van der Waals surface area contributed by atoms with Crippen LogP contribution in [0.4, 0.5) is 13.2 Å². The van der Waals surface area contributed by atoms with Crippen molar-refractivity contribution in [1.29, 1.82) is 0 Å².